The number of aromatic nitrogens is 2. The van der Waals surface area contributed by atoms with E-state index in [1.165, 1.54) is 6.07 Å². The lowest BCUT2D eigenvalue weighted by atomic mass is 10.2. The fraction of sp³-hybridized carbons (Fsp3) is 0.188. The normalized spacial score (nSPS) is 11.3. The molecule has 0 aliphatic heterocycles. The number of rotatable bonds is 4. The molecule has 3 nitrogen and oxygen atoms in total. The number of nitrogens with zero attached hydrogens (tertiary/aromatic N) is 2. The lowest BCUT2D eigenvalue weighted by molar-refractivity contribution is 0.281. The highest BCUT2D eigenvalue weighted by atomic mass is 19.2. The van der Waals surface area contributed by atoms with E-state index in [9.17, 15) is 17.6 Å². The van der Waals surface area contributed by atoms with E-state index in [1.54, 1.807) is 4.57 Å². The first kappa shape index (κ1) is 15.5. The zero-order chi connectivity index (χ0) is 16.6. The summed E-state index contributed by atoms with van der Waals surface area (Å²) in [6.07, 6.45) is 0.348. The number of aryl methyl sites for hydroxylation is 1. The summed E-state index contributed by atoms with van der Waals surface area (Å²) in [4.78, 5) is 4.19. The van der Waals surface area contributed by atoms with E-state index in [1.807, 2.05) is 0 Å². The standard InChI is InChI=1S/C16H12F4N2O/c17-10-3-2-9(6-11(10)18)16-21-14-7-12(19)13(20)8-15(14)22(16)4-1-5-23/h2-3,6-8,23H,1,4-5H2. The molecule has 0 bridgehead atoms. The zero-order valence-corrected chi connectivity index (χ0v) is 11.9. The van der Waals surface area contributed by atoms with Gasteiger partial charge in [-0.3, -0.25) is 0 Å². The minimum absolute atomic E-state index is 0.111. The maximum Gasteiger partial charge on any atom is 0.161 e. The summed E-state index contributed by atoms with van der Waals surface area (Å²) in [6.45, 7) is 0.160. The number of aliphatic hydroxyl groups is 1. The van der Waals surface area contributed by atoms with E-state index in [4.69, 9.17) is 5.11 Å². The summed E-state index contributed by atoms with van der Waals surface area (Å²) in [5, 5.41) is 9.00. The van der Waals surface area contributed by atoms with Gasteiger partial charge in [-0.2, -0.15) is 0 Å². The number of fused-ring (bicyclic) bond motifs is 1. The van der Waals surface area contributed by atoms with Crippen LogP contribution in [0.5, 0.6) is 0 Å². The predicted molar refractivity (Wildman–Crippen MR) is 76.7 cm³/mol. The Hall–Kier alpha value is -2.41. The van der Waals surface area contributed by atoms with Gasteiger partial charge in [0.25, 0.3) is 0 Å². The average molecular weight is 324 g/mol. The van der Waals surface area contributed by atoms with Crippen molar-refractivity contribution in [3.05, 3.63) is 53.6 Å². The minimum Gasteiger partial charge on any atom is -0.396 e. The third-order valence-corrected chi connectivity index (χ3v) is 3.51. The first-order valence-corrected chi connectivity index (χ1v) is 6.93. The largest absolute Gasteiger partial charge is 0.396 e. The minimum atomic E-state index is -1.04. The van der Waals surface area contributed by atoms with Crippen molar-refractivity contribution in [2.24, 2.45) is 0 Å². The maximum atomic E-state index is 13.5. The van der Waals surface area contributed by atoms with Crippen molar-refractivity contribution in [1.29, 1.82) is 0 Å². The molecule has 0 unspecified atom stereocenters. The molecule has 0 spiro atoms. The number of aliphatic hydroxyl groups excluding tert-OH is 1. The van der Waals surface area contributed by atoms with E-state index in [2.05, 4.69) is 4.98 Å². The Morgan fingerprint density at radius 1 is 0.913 bits per heavy atom. The highest BCUT2D eigenvalue weighted by Crippen LogP contribution is 2.27. The van der Waals surface area contributed by atoms with Gasteiger partial charge in [-0.15, -0.1) is 0 Å². The van der Waals surface area contributed by atoms with Crippen LogP contribution in [0.25, 0.3) is 22.4 Å². The van der Waals surface area contributed by atoms with Crippen LogP contribution < -0.4 is 0 Å². The molecule has 1 aromatic heterocycles. The molecule has 120 valence electrons. The van der Waals surface area contributed by atoms with Crippen LogP contribution in [0.15, 0.2) is 30.3 Å². The third-order valence-electron chi connectivity index (χ3n) is 3.51. The molecular formula is C16H12F4N2O. The SMILES string of the molecule is OCCCn1c(-c2ccc(F)c(F)c2)nc2cc(F)c(F)cc21. The molecule has 3 aromatic rings. The highest BCUT2D eigenvalue weighted by Gasteiger charge is 2.16. The van der Waals surface area contributed by atoms with Crippen molar-refractivity contribution in [3.8, 4) is 11.4 Å². The molecule has 3 rings (SSSR count). The van der Waals surface area contributed by atoms with E-state index < -0.39 is 23.3 Å². The fourth-order valence-electron chi connectivity index (χ4n) is 2.43. The van der Waals surface area contributed by atoms with Gasteiger partial charge in [0.15, 0.2) is 23.3 Å². The Balaban J connectivity index is 2.23. The molecule has 0 atom stereocenters. The molecule has 0 radical (unpaired) electrons. The zero-order valence-electron chi connectivity index (χ0n) is 11.9. The van der Waals surface area contributed by atoms with Gasteiger partial charge in [-0.05, 0) is 24.6 Å². The van der Waals surface area contributed by atoms with Crippen LogP contribution in [0.3, 0.4) is 0 Å². The molecule has 0 amide bonds. The predicted octanol–water partition coefficient (Wildman–Crippen LogP) is 3.64. The lowest BCUT2D eigenvalue weighted by Crippen LogP contribution is -2.03. The Labute approximate surface area is 128 Å². The summed E-state index contributed by atoms with van der Waals surface area (Å²) >= 11 is 0. The van der Waals surface area contributed by atoms with Crippen molar-refractivity contribution in [3.63, 3.8) is 0 Å². The quantitative estimate of drug-likeness (QED) is 0.744. The molecular weight excluding hydrogens is 312 g/mol. The first-order chi connectivity index (χ1) is 11.0. The average Bonchev–Trinajstić information content (AvgIpc) is 2.86. The van der Waals surface area contributed by atoms with Gasteiger partial charge in [-0.1, -0.05) is 0 Å². The summed E-state index contributed by atoms with van der Waals surface area (Å²) in [5.41, 5.74) is 0.789. The van der Waals surface area contributed by atoms with Crippen LogP contribution >= 0.6 is 0 Å². The number of hydrogen-bond acceptors (Lipinski definition) is 2. The van der Waals surface area contributed by atoms with Crippen LogP contribution in [-0.4, -0.2) is 21.3 Å². The smallest absolute Gasteiger partial charge is 0.161 e. The molecule has 23 heavy (non-hydrogen) atoms. The Morgan fingerprint density at radius 2 is 1.61 bits per heavy atom. The second-order valence-electron chi connectivity index (χ2n) is 5.05. The summed E-state index contributed by atoms with van der Waals surface area (Å²) in [5.74, 6) is -3.86. The Bertz CT molecular complexity index is 876. The van der Waals surface area contributed by atoms with Crippen molar-refractivity contribution in [1.82, 2.24) is 9.55 Å². The lowest BCUT2D eigenvalue weighted by Gasteiger charge is -2.09. The number of hydrogen-bond donors (Lipinski definition) is 1. The van der Waals surface area contributed by atoms with Gasteiger partial charge < -0.3 is 9.67 Å². The van der Waals surface area contributed by atoms with E-state index in [0.717, 1.165) is 24.3 Å². The molecule has 7 heteroatoms. The number of halogens is 4. The van der Waals surface area contributed by atoms with E-state index in [-0.39, 0.29) is 30.1 Å². The second kappa shape index (κ2) is 6.00. The molecule has 1 heterocycles. The topological polar surface area (TPSA) is 38.0 Å². The van der Waals surface area contributed by atoms with E-state index >= 15 is 0 Å². The van der Waals surface area contributed by atoms with Gasteiger partial charge in [0, 0.05) is 30.8 Å². The number of benzene rings is 2. The number of imidazole rings is 1. The maximum absolute atomic E-state index is 13.5. The second-order valence-corrected chi connectivity index (χ2v) is 5.05. The van der Waals surface area contributed by atoms with Crippen molar-refractivity contribution >= 4 is 11.0 Å². The van der Waals surface area contributed by atoms with Crippen LogP contribution in [-0.2, 0) is 6.54 Å². The van der Waals surface area contributed by atoms with Crippen LogP contribution in [0, 0.1) is 23.3 Å². The summed E-state index contributed by atoms with van der Waals surface area (Å²) in [6, 6.07) is 5.21. The van der Waals surface area contributed by atoms with Crippen molar-refractivity contribution < 1.29 is 22.7 Å². The van der Waals surface area contributed by atoms with Crippen LogP contribution in [0.4, 0.5) is 17.6 Å². The molecule has 1 N–H and O–H groups in total. The monoisotopic (exact) mass is 324 g/mol. The third kappa shape index (κ3) is 2.79. The van der Waals surface area contributed by atoms with Crippen molar-refractivity contribution in [2.45, 2.75) is 13.0 Å². The Morgan fingerprint density at radius 3 is 2.30 bits per heavy atom. The molecule has 0 fully saturated rings. The molecule has 0 aliphatic carbocycles. The van der Waals surface area contributed by atoms with E-state index in [0.29, 0.717) is 11.9 Å². The molecule has 0 aliphatic rings. The highest BCUT2D eigenvalue weighted by molar-refractivity contribution is 5.80. The van der Waals surface area contributed by atoms with Gasteiger partial charge in [0.2, 0.25) is 0 Å². The summed E-state index contributed by atoms with van der Waals surface area (Å²) in [7, 11) is 0. The Kier molecular flexibility index (Phi) is 4.04. The van der Waals surface area contributed by atoms with Gasteiger partial charge in [-0.25, -0.2) is 22.5 Å². The molecule has 0 saturated heterocycles. The van der Waals surface area contributed by atoms with Crippen LogP contribution in [0.1, 0.15) is 6.42 Å². The molecule has 0 saturated carbocycles. The van der Waals surface area contributed by atoms with Gasteiger partial charge in [0.1, 0.15) is 5.82 Å². The fourth-order valence-corrected chi connectivity index (χ4v) is 2.43. The van der Waals surface area contributed by atoms with Crippen LogP contribution in [0.2, 0.25) is 0 Å². The van der Waals surface area contributed by atoms with Crippen molar-refractivity contribution in [2.75, 3.05) is 6.61 Å². The molecule has 2 aromatic carbocycles. The van der Waals surface area contributed by atoms with Gasteiger partial charge in [0.05, 0.1) is 11.0 Å². The van der Waals surface area contributed by atoms with Gasteiger partial charge >= 0.3 is 0 Å². The summed E-state index contributed by atoms with van der Waals surface area (Å²) < 4.78 is 55.0. The first-order valence-electron chi connectivity index (χ1n) is 6.93.